The molecule has 3 nitrogen and oxygen atoms in total. The van der Waals surface area contributed by atoms with E-state index in [0.29, 0.717) is 6.04 Å². The molecule has 0 bridgehead atoms. The van der Waals surface area contributed by atoms with E-state index in [2.05, 4.69) is 48.3 Å². The van der Waals surface area contributed by atoms with Crippen molar-refractivity contribution in [2.45, 2.75) is 45.7 Å². The number of rotatable bonds is 7. The van der Waals surface area contributed by atoms with Gasteiger partial charge in [-0.1, -0.05) is 38.5 Å². The van der Waals surface area contributed by atoms with Gasteiger partial charge < -0.3 is 10.1 Å². The number of benzene rings is 1. The highest BCUT2D eigenvalue weighted by Crippen LogP contribution is 2.24. The maximum atomic E-state index is 5.87. The molecule has 112 valence electrons. The molecule has 0 radical (unpaired) electrons. The van der Waals surface area contributed by atoms with Crippen LogP contribution in [0.1, 0.15) is 38.7 Å². The van der Waals surface area contributed by atoms with Gasteiger partial charge in [-0.3, -0.25) is 4.90 Å². The van der Waals surface area contributed by atoms with Gasteiger partial charge in [0.1, 0.15) is 12.4 Å². The first-order valence-electron chi connectivity index (χ1n) is 8.00. The van der Waals surface area contributed by atoms with E-state index in [9.17, 15) is 0 Å². The number of nitrogens with one attached hydrogen (secondary N) is 1. The lowest BCUT2D eigenvalue weighted by Gasteiger charge is -2.30. The van der Waals surface area contributed by atoms with Crippen LogP contribution < -0.4 is 10.1 Å². The van der Waals surface area contributed by atoms with Gasteiger partial charge in [-0.2, -0.15) is 0 Å². The first-order chi connectivity index (χ1) is 9.85. The van der Waals surface area contributed by atoms with Crippen LogP contribution >= 0.6 is 0 Å². The molecule has 0 spiro atoms. The van der Waals surface area contributed by atoms with E-state index in [1.54, 1.807) is 0 Å². The molecule has 0 saturated carbocycles. The summed E-state index contributed by atoms with van der Waals surface area (Å²) in [5, 5.41) is 3.58. The van der Waals surface area contributed by atoms with E-state index in [1.807, 2.05) is 0 Å². The lowest BCUT2D eigenvalue weighted by atomic mass is 10.1. The van der Waals surface area contributed by atoms with Crippen molar-refractivity contribution >= 4 is 0 Å². The molecule has 1 aromatic rings. The van der Waals surface area contributed by atoms with Gasteiger partial charge in [-0.15, -0.1) is 0 Å². The van der Waals surface area contributed by atoms with E-state index in [0.717, 1.165) is 38.5 Å². The zero-order valence-corrected chi connectivity index (χ0v) is 12.9. The Hall–Kier alpha value is -1.06. The molecule has 1 aliphatic heterocycles. The summed E-state index contributed by atoms with van der Waals surface area (Å²) >= 11 is 0. The molecule has 20 heavy (non-hydrogen) atoms. The summed E-state index contributed by atoms with van der Waals surface area (Å²) in [7, 11) is 0. The summed E-state index contributed by atoms with van der Waals surface area (Å²) in [6.07, 6.45) is 3.68. The van der Waals surface area contributed by atoms with Crippen molar-refractivity contribution in [1.29, 1.82) is 0 Å². The second-order valence-corrected chi connectivity index (χ2v) is 5.57. The summed E-state index contributed by atoms with van der Waals surface area (Å²) in [6, 6.07) is 9.05. The minimum atomic E-state index is 0.612. The Morgan fingerprint density at radius 3 is 2.90 bits per heavy atom. The Morgan fingerprint density at radius 1 is 1.25 bits per heavy atom. The highest BCUT2D eigenvalue weighted by atomic mass is 16.5. The predicted molar refractivity (Wildman–Crippen MR) is 84.2 cm³/mol. The van der Waals surface area contributed by atoms with Crippen LogP contribution in [0.2, 0.25) is 0 Å². The first-order valence-corrected chi connectivity index (χ1v) is 8.00. The Balaban J connectivity index is 2.01. The normalized spacial score (nSPS) is 17.1. The largest absolute Gasteiger partial charge is 0.492 e. The minimum absolute atomic E-state index is 0.612. The summed E-state index contributed by atoms with van der Waals surface area (Å²) in [5.41, 5.74) is 1.32. The van der Waals surface area contributed by atoms with Crippen LogP contribution in [0.5, 0.6) is 5.75 Å². The molecule has 3 heteroatoms. The molecular formula is C17H28N2O. The predicted octanol–water partition coefficient (Wildman–Crippen LogP) is 3.05. The van der Waals surface area contributed by atoms with Crippen molar-refractivity contribution in [2.24, 2.45) is 0 Å². The Labute approximate surface area is 123 Å². The Kier molecular flexibility index (Phi) is 6.34. The maximum absolute atomic E-state index is 5.87. The van der Waals surface area contributed by atoms with Crippen molar-refractivity contribution in [2.75, 3.05) is 26.2 Å². The van der Waals surface area contributed by atoms with E-state index in [-0.39, 0.29) is 0 Å². The molecule has 1 aliphatic rings. The van der Waals surface area contributed by atoms with Crippen LogP contribution in [0.25, 0.3) is 0 Å². The Bertz CT molecular complexity index is 394. The van der Waals surface area contributed by atoms with Crippen molar-refractivity contribution < 1.29 is 4.74 Å². The van der Waals surface area contributed by atoms with E-state index >= 15 is 0 Å². The average molecular weight is 276 g/mol. The fraction of sp³-hybridized carbons (Fsp3) is 0.647. The summed E-state index contributed by atoms with van der Waals surface area (Å²) in [4.78, 5) is 2.58. The van der Waals surface area contributed by atoms with Gasteiger partial charge in [0.05, 0.1) is 0 Å². The number of hydrogen-bond acceptors (Lipinski definition) is 3. The SMILES string of the molecule is CCCNCC(CCC)N1CCOc2ccccc2C1. The van der Waals surface area contributed by atoms with E-state index in [4.69, 9.17) is 4.74 Å². The van der Waals surface area contributed by atoms with Gasteiger partial charge in [0.15, 0.2) is 0 Å². The lowest BCUT2D eigenvalue weighted by Crippen LogP contribution is -2.43. The van der Waals surface area contributed by atoms with Crippen LogP contribution in [0.3, 0.4) is 0 Å². The topological polar surface area (TPSA) is 24.5 Å². The fourth-order valence-electron chi connectivity index (χ4n) is 2.85. The molecule has 1 unspecified atom stereocenters. The third-order valence-corrected chi connectivity index (χ3v) is 3.93. The number of para-hydroxylation sites is 1. The molecule has 0 aliphatic carbocycles. The molecule has 1 aromatic carbocycles. The van der Waals surface area contributed by atoms with Crippen molar-refractivity contribution in [3.8, 4) is 5.75 Å². The smallest absolute Gasteiger partial charge is 0.123 e. The lowest BCUT2D eigenvalue weighted by molar-refractivity contribution is 0.157. The second-order valence-electron chi connectivity index (χ2n) is 5.57. The molecule has 1 N–H and O–H groups in total. The first kappa shape index (κ1) is 15.3. The summed E-state index contributed by atoms with van der Waals surface area (Å²) in [6.45, 7) is 9.52. The molecule has 1 atom stereocenters. The van der Waals surface area contributed by atoms with Crippen LogP contribution in [0.4, 0.5) is 0 Å². The molecule has 0 saturated heterocycles. The average Bonchev–Trinajstić information content (AvgIpc) is 2.68. The number of hydrogen-bond donors (Lipinski definition) is 1. The van der Waals surface area contributed by atoms with Crippen molar-refractivity contribution in [3.05, 3.63) is 29.8 Å². The second kappa shape index (κ2) is 8.28. The fourth-order valence-corrected chi connectivity index (χ4v) is 2.85. The van der Waals surface area contributed by atoms with Crippen LogP contribution in [-0.2, 0) is 6.54 Å². The summed E-state index contributed by atoms with van der Waals surface area (Å²) < 4.78 is 5.87. The van der Waals surface area contributed by atoms with Gasteiger partial charge in [0.2, 0.25) is 0 Å². The van der Waals surface area contributed by atoms with E-state index < -0.39 is 0 Å². The van der Waals surface area contributed by atoms with Crippen molar-refractivity contribution in [3.63, 3.8) is 0 Å². The van der Waals surface area contributed by atoms with Gasteiger partial charge in [-0.05, 0) is 25.5 Å². The molecule has 2 rings (SSSR count). The zero-order valence-electron chi connectivity index (χ0n) is 12.9. The Morgan fingerprint density at radius 2 is 2.10 bits per heavy atom. The third-order valence-electron chi connectivity index (χ3n) is 3.93. The van der Waals surface area contributed by atoms with Crippen LogP contribution in [-0.4, -0.2) is 37.2 Å². The highest BCUT2D eigenvalue weighted by Gasteiger charge is 2.21. The molecule has 1 heterocycles. The maximum Gasteiger partial charge on any atom is 0.123 e. The van der Waals surface area contributed by atoms with E-state index in [1.165, 1.54) is 24.8 Å². The minimum Gasteiger partial charge on any atom is -0.492 e. The number of ether oxygens (including phenoxy) is 1. The molecule has 0 aromatic heterocycles. The van der Waals surface area contributed by atoms with Gasteiger partial charge in [0, 0.05) is 31.2 Å². The van der Waals surface area contributed by atoms with Crippen LogP contribution in [0.15, 0.2) is 24.3 Å². The zero-order chi connectivity index (χ0) is 14.2. The monoisotopic (exact) mass is 276 g/mol. The highest BCUT2D eigenvalue weighted by molar-refractivity contribution is 5.33. The third kappa shape index (κ3) is 4.22. The van der Waals surface area contributed by atoms with Gasteiger partial charge in [0.25, 0.3) is 0 Å². The molecular weight excluding hydrogens is 248 g/mol. The van der Waals surface area contributed by atoms with Gasteiger partial charge >= 0.3 is 0 Å². The molecule has 0 amide bonds. The van der Waals surface area contributed by atoms with Crippen molar-refractivity contribution in [1.82, 2.24) is 10.2 Å². The standard InChI is InChI=1S/C17H28N2O/c1-3-7-16(13-18-10-4-2)19-11-12-20-17-9-6-5-8-15(17)14-19/h5-6,8-9,16,18H,3-4,7,10-14H2,1-2H3. The number of fused-ring (bicyclic) bond motifs is 1. The molecule has 0 fully saturated rings. The van der Waals surface area contributed by atoms with Crippen LogP contribution in [0, 0.1) is 0 Å². The number of nitrogens with zero attached hydrogens (tertiary/aromatic N) is 1. The van der Waals surface area contributed by atoms with Gasteiger partial charge in [-0.25, -0.2) is 0 Å². The summed E-state index contributed by atoms with van der Waals surface area (Å²) in [5.74, 6) is 1.06. The quantitative estimate of drug-likeness (QED) is 0.775.